The first-order valence-electron chi connectivity index (χ1n) is 16.3. The summed E-state index contributed by atoms with van der Waals surface area (Å²) in [5.41, 5.74) is 0.623. The molecule has 0 aromatic rings. The van der Waals surface area contributed by atoms with Crippen molar-refractivity contribution >= 4 is 5.97 Å². The van der Waals surface area contributed by atoms with Gasteiger partial charge < -0.3 is 45.6 Å². The molecule has 1 aliphatic heterocycles. The summed E-state index contributed by atoms with van der Waals surface area (Å²) in [5, 5.41) is 83.9. The van der Waals surface area contributed by atoms with Crippen molar-refractivity contribution in [2.24, 2.45) is 5.92 Å². The van der Waals surface area contributed by atoms with E-state index in [1.807, 2.05) is 0 Å². The molecule has 0 fully saturated rings. The molecule has 8 N–H and O–H groups in total. The summed E-state index contributed by atoms with van der Waals surface area (Å²) in [6.45, 7) is 5.34. The highest BCUT2D eigenvalue weighted by molar-refractivity contribution is 5.73. The Balaban J connectivity index is 3.08. The molecule has 10 heteroatoms. The monoisotopic (exact) mass is 638 g/mol. The number of hydrogen-bond donors (Lipinski definition) is 8. The smallest absolute Gasteiger partial charge is 0.311 e. The second-order valence-corrected chi connectivity index (χ2v) is 12.3. The van der Waals surface area contributed by atoms with E-state index >= 15 is 0 Å². The second-order valence-electron chi connectivity index (χ2n) is 12.3. The van der Waals surface area contributed by atoms with Crippen molar-refractivity contribution in [1.29, 1.82) is 0 Å². The number of unbranched alkanes of at least 4 members (excludes halogenated alkanes) is 3. The van der Waals surface area contributed by atoms with Crippen molar-refractivity contribution in [2.45, 2.75) is 146 Å². The average molecular weight is 639 g/mol. The van der Waals surface area contributed by atoms with E-state index in [0.717, 1.165) is 19.3 Å². The lowest BCUT2D eigenvalue weighted by Crippen LogP contribution is -2.37. The van der Waals surface area contributed by atoms with Crippen molar-refractivity contribution in [2.75, 3.05) is 0 Å². The highest BCUT2D eigenvalue weighted by Crippen LogP contribution is 2.23. The van der Waals surface area contributed by atoms with Gasteiger partial charge in [0.2, 0.25) is 0 Å². The van der Waals surface area contributed by atoms with Crippen LogP contribution in [0.3, 0.4) is 0 Å². The molecule has 0 saturated heterocycles. The molecule has 0 aliphatic carbocycles. The van der Waals surface area contributed by atoms with E-state index in [4.69, 9.17) is 4.74 Å². The fourth-order valence-corrected chi connectivity index (χ4v) is 5.20. The van der Waals surface area contributed by atoms with E-state index in [1.54, 1.807) is 62.5 Å². The standard InChI is InChI=1S/C35H58O10/c1-4-5-6-13-16-31-34(43)23-30(40)21-28(38)19-26(36)18-27(37)20-29(39)22-33(42)24(2)15-12-10-8-7-9-11-14-17-32(41)25(3)45-35(31)44/h7-12,14-15,17,25-34,36-43H,4-6,13,16,18-23H2,1-3H3. The van der Waals surface area contributed by atoms with Crippen LogP contribution >= 0.6 is 0 Å². The van der Waals surface area contributed by atoms with Crippen molar-refractivity contribution < 1.29 is 50.4 Å². The molecule has 10 unspecified atom stereocenters. The Morgan fingerprint density at radius 2 is 1.16 bits per heavy atom. The number of carbonyl (C=O) groups is 1. The maximum absolute atomic E-state index is 13.1. The normalized spacial score (nSPS) is 34.5. The van der Waals surface area contributed by atoms with Gasteiger partial charge in [-0.2, -0.15) is 0 Å². The summed E-state index contributed by atoms with van der Waals surface area (Å²) >= 11 is 0. The van der Waals surface area contributed by atoms with E-state index < -0.39 is 66.8 Å². The number of carbonyl (C=O) groups excluding carboxylic acids is 1. The largest absolute Gasteiger partial charge is 0.459 e. The summed E-state index contributed by atoms with van der Waals surface area (Å²) in [5.74, 6) is -1.60. The Kier molecular flexibility index (Phi) is 21.1. The van der Waals surface area contributed by atoms with E-state index in [1.165, 1.54) is 6.08 Å². The Hall–Kier alpha value is -2.15. The van der Waals surface area contributed by atoms with Crippen molar-refractivity contribution in [3.05, 3.63) is 60.3 Å². The molecule has 0 saturated carbocycles. The molecule has 45 heavy (non-hydrogen) atoms. The van der Waals surface area contributed by atoms with Crippen LogP contribution in [0.25, 0.3) is 0 Å². The highest BCUT2D eigenvalue weighted by atomic mass is 16.6. The Morgan fingerprint density at radius 1 is 0.667 bits per heavy atom. The summed E-state index contributed by atoms with van der Waals surface area (Å²) in [6, 6.07) is 0. The fourth-order valence-electron chi connectivity index (χ4n) is 5.20. The van der Waals surface area contributed by atoms with Crippen LogP contribution < -0.4 is 0 Å². The van der Waals surface area contributed by atoms with Gasteiger partial charge in [-0.3, -0.25) is 4.79 Å². The van der Waals surface area contributed by atoms with Gasteiger partial charge in [0, 0.05) is 12.8 Å². The van der Waals surface area contributed by atoms with Crippen molar-refractivity contribution in [1.82, 2.24) is 0 Å². The first kappa shape index (κ1) is 40.9. The molecule has 1 rings (SSSR count). The van der Waals surface area contributed by atoms with Crippen LogP contribution in [0, 0.1) is 5.92 Å². The van der Waals surface area contributed by atoms with Gasteiger partial charge in [0.25, 0.3) is 0 Å². The molecule has 1 aliphatic rings. The summed E-state index contributed by atoms with van der Waals surface area (Å²) in [7, 11) is 0. The predicted octanol–water partition coefficient (Wildman–Crippen LogP) is 2.92. The minimum atomic E-state index is -1.25. The molecule has 258 valence electrons. The summed E-state index contributed by atoms with van der Waals surface area (Å²) in [6.07, 6.45) is 8.77. The lowest BCUT2D eigenvalue weighted by atomic mass is 9.90. The number of aliphatic hydroxyl groups excluding tert-OH is 8. The number of rotatable bonds is 5. The SMILES string of the molecule is CCCCCCC1C(=O)OC(C)C(O)C=CC=CC=CC=CC=C(C)C(O)CC(O)CC(O)CC(O)CC(O)CC(O)CC1O. The first-order valence-corrected chi connectivity index (χ1v) is 16.3. The van der Waals surface area contributed by atoms with Crippen LogP contribution in [-0.2, 0) is 9.53 Å². The highest BCUT2D eigenvalue weighted by Gasteiger charge is 2.32. The number of hydrogen-bond acceptors (Lipinski definition) is 10. The Bertz CT molecular complexity index is 958. The zero-order valence-electron chi connectivity index (χ0n) is 27.1. The first-order chi connectivity index (χ1) is 21.3. The molecule has 0 spiro atoms. The number of aliphatic hydroxyl groups is 8. The number of allylic oxidation sites excluding steroid dienone is 8. The lowest BCUT2D eigenvalue weighted by Gasteiger charge is -2.27. The molecular weight excluding hydrogens is 580 g/mol. The third-order valence-corrected chi connectivity index (χ3v) is 7.96. The second kappa shape index (κ2) is 23.2. The van der Waals surface area contributed by atoms with Gasteiger partial charge in [-0.15, -0.1) is 0 Å². The molecule has 0 aromatic carbocycles. The zero-order valence-corrected chi connectivity index (χ0v) is 27.1. The molecule has 0 radical (unpaired) electrons. The van der Waals surface area contributed by atoms with Gasteiger partial charge in [0.1, 0.15) is 12.2 Å². The van der Waals surface area contributed by atoms with Gasteiger partial charge >= 0.3 is 5.97 Å². The van der Waals surface area contributed by atoms with E-state index in [0.29, 0.717) is 18.4 Å². The lowest BCUT2D eigenvalue weighted by molar-refractivity contribution is -0.162. The zero-order chi connectivity index (χ0) is 33.8. The van der Waals surface area contributed by atoms with Crippen LogP contribution in [0.4, 0.5) is 0 Å². The van der Waals surface area contributed by atoms with E-state index in [9.17, 15) is 45.6 Å². The number of ether oxygens (including phenoxy) is 1. The number of cyclic esters (lactones) is 1. The number of esters is 1. The molecule has 1 heterocycles. The minimum absolute atomic E-state index is 0.00297. The fraction of sp³-hybridized carbons (Fsp3) is 0.686. The molecule has 10 atom stereocenters. The van der Waals surface area contributed by atoms with Crippen LogP contribution in [-0.4, -0.2) is 102 Å². The predicted molar refractivity (Wildman–Crippen MR) is 174 cm³/mol. The van der Waals surface area contributed by atoms with Crippen LogP contribution in [0.1, 0.15) is 91.4 Å². The summed E-state index contributed by atoms with van der Waals surface area (Å²) < 4.78 is 5.51. The van der Waals surface area contributed by atoms with Gasteiger partial charge in [0.05, 0.1) is 48.6 Å². The van der Waals surface area contributed by atoms with E-state index in [2.05, 4.69) is 6.92 Å². The topological polar surface area (TPSA) is 188 Å². The third-order valence-electron chi connectivity index (χ3n) is 7.96. The maximum Gasteiger partial charge on any atom is 0.311 e. The van der Waals surface area contributed by atoms with Gasteiger partial charge in [-0.25, -0.2) is 0 Å². The molecule has 0 amide bonds. The van der Waals surface area contributed by atoms with Crippen LogP contribution in [0.5, 0.6) is 0 Å². The quantitative estimate of drug-likeness (QED) is 0.164. The minimum Gasteiger partial charge on any atom is -0.459 e. The van der Waals surface area contributed by atoms with Crippen LogP contribution in [0.2, 0.25) is 0 Å². The van der Waals surface area contributed by atoms with Gasteiger partial charge in [-0.05, 0) is 51.5 Å². The van der Waals surface area contributed by atoms with Gasteiger partial charge in [0.15, 0.2) is 0 Å². The molecular formula is C35H58O10. The molecule has 0 bridgehead atoms. The Labute approximate surface area is 268 Å². The maximum atomic E-state index is 13.1. The van der Waals surface area contributed by atoms with Gasteiger partial charge in [-0.1, -0.05) is 87.3 Å². The third kappa shape index (κ3) is 18.6. The van der Waals surface area contributed by atoms with E-state index in [-0.39, 0.29) is 38.5 Å². The molecule has 0 aromatic heterocycles. The average Bonchev–Trinajstić information content (AvgIpc) is 2.94. The molecule has 10 nitrogen and oxygen atoms in total. The Morgan fingerprint density at radius 3 is 1.71 bits per heavy atom. The van der Waals surface area contributed by atoms with Crippen molar-refractivity contribution in [3.63, 3.8) is 0 Å². The summed E-state index contributed by atoms with van der Waals surface area (Å²) in [4.78, 5) is 13.1. The van der Waals surface area contributed by atoms with Crippen LogP contribution in [0.15, 0.2) is 60.3 Å². The van der Waals surface area contributed by atoms with Crippen molar-refractivity contribution in [3.8, 4) is 0 Å².